The number of fused-ring (bicyclic) bond motifs is 5. The molecule has 4 aromatic carbocycles. The molecule has 0 unspecified atom stereocenters. The van der Waals surface area contributed by atoms with Crippen molar-refractivity contribution >= 4 is 39.4 Å². The van der Waals surface area contributed by atoms with Gasteiger partial charge in [0.05, 0.1) is 22.1 Å². The molecule has 4 heteroatoms. The highest BCUT2D eigenvalue weighted by Crippen LogP contribution is 2.32. The minimum Gasteiger partial charge on any atom is -0.278 e. The van der Waals surface area contributed by atoms with E-state index in [-0.39, 0.29) is 0 Å². The second-order valence-electron chi connectivity index (χ2n) is 7.12. The Morgan fingerprint density at radius 2 is 1.41 bits per heavy atom. The third-order valence-corrected chi connectivity index (χ3v) is 5.61. The molecule has 0 aliphatic carbocycles. The van der Waals surface area contributed by atoms with E-state index < -0.39 is 0 Å². The fraction of sp³-hybridized carbons (Fsp3) is 0. The van der Waals surface area contributed by atoms with Crippen LogP contribution in [-0.2, 0) is 0 Å². The number of nitrogens with zero attached hydrogens (tertiary/aromatic N) is 3. The highest BCUT2D eigenvalue weighted by atomic mass is 35.5. The number of hydrogen-bond acceptors (Lipinski definition) is 1. The average Bonchev–Trinajstić information content (AvgIpc) is 3.28. The Morgan fingerprint density at radius 3 is 2.28 bits per heavy atom. The molecule has 138 valence electrons. The van der Waals surface area contributed by atoms with Crippen LogP contribution in [0.15, 0.2) is 97.1 Å². The van der Waals surface area contributed by atoms with E-state index in [1.807, 2.05) is 30.3 Å². The third-order valence-electron chi connectivity index (χ3n) is 5.37. The number of hydrogen-bond donors (Lipinski definition) is 0. The Hall–Kier alpha value is -3.56. The van der Waals surface area contributed by atoms with Crippen LogP contribution in [0, 0.1) is 0 Å². The molecule has 3 nitrogen and oxygen atoms in total. The Balaban J connectivity index is 1.75. The summed E-state index contributed by atoms with van der Waals surface area (Å²) in [6.07, 6.45) is 0. The van der Waals surface area contributed by atoms with Gasteiger partial charge < -0.3 is 0 Å². The molecule has 0 bridgehead atoms. The number of imidazole rings is 2. The lowest BCUT2D eigenvalue weighted by Crippen LogP contribution is -1.94. The largest absolute Gasteiger partial charge is 0.278 e. The second-order valence-corrected chi connectivity index (χ2v) is 7.56. The number of benzene rings is 4. The van der Waals surface area contributed by atoms with Crippen molar-refractivity contribution in [2.75, 3.05) is 0 Å². The first-order valence-electron chi connectivity index (χ1n) is 9.53. The number of halogens is 1. The molecular formula is C25H16ClN3. The molecule has 0 radical (unpaired) electrons. The van der Waals surface area contributed by atoms with Crippen LogP contribution in [0.2, 0.25) is 5.02 Å². The Kier molecular flexibility index (Phi) is 3.52. The van der Waals surface area contributed by atoms with E-state index >= 15 is 0 Å². The summed E-state index contributed by atoms with van der Waals surface area (Å²) in [6, 6.07) is 33.2. The molecule has 2 aromatic heterocycles. The van der Waals surface area contributed by atoms with Gasteiger partial charge in [-0.1, -0.05) is 60.1 Å². The third kappa shape index (κ3) is 2.48. The van der Waals surface area contributed by atoms with Gasteiger partial charge in [-0.15, -0.1) is 0 Å². The van der Waals surface area contributed by atoms with E-state index in [2.05, 4.69) is 75.7 Å². The zero-order valence-corrected chi connectivity index (χ0v) is 16.2. The van der Waals surface area contributed by atoms with Crippen LogP contribution in [-0.4, -0.2) is 14.0 Å². The predicted octanol–water partition coefficient (Wildman–Crippen LogP) is 6.75. The van der Waals surface area contributed by atoms with Gasteiger partial charge in [0.1, 0.15) is 0 Å². The molecule has 0 saturated carbocycles. The summed E-state index contributed by atoms with van der Waals surface area (Å²) in [5.74, 6) is 0.913. The summed E-state index contributed by atoms with van der Waals surface area (Å²) in [5.41, 5.74) is 7.66. The molecule has 0 atom stereocenters. The standard InChI is InChI=1S/C25H16ClN3/c26-19-8-6-7-17(15-19)18-13-14-23-24(16-18)29-22-12-5-4-11-21(22)27-25(29)28(23)20-9-2-1-3-10-20/h1-16H. The number of rotatable bonds is 2. The van der Waals surface area contributed by atoms with Crippen LogP contribution in [0.25, 0.3) is 44.7 Å². The summed E-state index contributed by atoms with van der Waals surface area (Å²) in [5, 5.41) is 0.739. The van der Waals surface area contributed by atoms with Crippen molar-refractivity contribution in [3.8, 4) is 16.8 Å². The van der Waals surface area contributed by atoms with Crippen molar-refractivity contribution in [1.29, 1.82) is 0 Å². The lowest BCUT2D eigenvalue weighted by molar-refractivity contribution is 1.11. The fourth-order valence-electron chi connectivity index (χ4n) is 4.08. The molecule has 0 fully saturated rings. The summed E-state index contributed by atoms with van der Waals surface area (Å²) in [6.45, 7) is 0. The second kappa shape index (κ2) is 6.23. The summed E-state index contributed by atoms with van der Waals surface area (Å²) < 4.78 is 4.46. The highest BCUT2D eigenvalue weighted by molar-refractivity contribution is 6.30. The van der Waals surface area contributed by atoms with E-state index in [1.54, 1.807) is 0 Å². The van der Waals surface area contributed by atoms with Crippen LogP contribution in [0.4, 0.5) is 0 Å². The molecule has 0 saturated heterocycles. The summed E-state index contributed by atoms with van der Waals surface area (Å²) >= 11 is 6.23. The SMILES string of the molecule is Clc1cccc(-c2ccc3c(c2)n2c4ccccc4nc2n3-c2ccccc2)c1. The van der Waals surface area contributed by atoms with Crippen molar-refractivity contribution in [2.24, 2.45) is 0 Å². The van der Waals surface area contributed by atoms with Gasteiger partial charge in [-0.2, -0.15) is 0 Å². The van der Waals surface area contributed by atoms with Crippen molar-refractivity contribution in [3.05, 3.63) is 102 Å². The Labute approximate surface area is 172 Å². The monoisotopic (exact) mass is 393 g/mol. The zero-order chi connectivity index (χ0) is 19.4. The zero-order valence-electron chi connectivity index (χ0n) is 15.5. The van der Waals surface area contributed by atoms with E-state index in [0.29, 0.717) is 0 Å². The summed E-state index contributed by atoms with van der Waals surface area (Å²) in [7, 11) is 0. The van der Waals surface area contributed by atoms with Crippen molar-refractivity contribution < 1.29 is 0 Å². The van der Waals surface area contributed by atoms with E-state index in [4.69, 9.17) is 16.6 Å². The molecular weight excluding hydrogens is 378 g/mol. The minimum absolute atomic E-state index is 0.739. The molecule has 0 amide bonds. The van der Waals surface area contributed by atoms with E-state index in [1.165, 1.54) is 0 Å². The molecule has 0 aliphatic heterocycles. The topological polar surface area (TPSA) is 22.2 Å². The average molecular weight is 394 g/mol. The van der Waals surface area contributed by atoms with Gasteiger partial charge in [-0.05, 0) is 59.7 Å². The van der Waals surface area contributed by atoms with Crippen molar-refractivity contribution in [2.45, 2.75) is 0 Å². The van der Waals surface area contributed by atoms with E-state index in [9.17, 15) is 0 Å². The molecule has 2 heterocycles. The van der Waals surface area contributed by atoms with Crippen LogP contribution >= 0.6 is 11.6 Å². The van der Waals surface area contributed by atoms with Gasteiger partial charge in [-0.3, -0.25) is 8.97 Å². The van der Waals surface area contributed by atoms with Gasteiger partial charge in [-0.25, -0.2) is 4.98 Å². The van der Waals surface area contributed by atoms with Crippen molar-refractivity contribution in [1.82, 2.24) is 14.0 Å². The number of aromatic nitrogens is 3. The quantitative estimate of drug-likeness (QED) is 0.319. The van der Waals surface area contributed by atoms with E-state index in [0.717, 1.165) is 49.7 Å². The maximum Gasteiger partial charge on any atom is 0.220 e. The minimum atomic E-state index is 0.739. The molecule has 6 rings (SSSR count). The lowest BCUT2D eigenvalue weighted by Gasteiger charge is -2.06. The highest BCUT2D eigenvalue weighted by Gasteiger charge is 2.17. The van der Waals surface area contributed by atoms with Gasteiger partial charge in [0.15, 0.2) is 0 Å². The molecule has 0 aliphatic rings. The molecule has 6 aromatic rings. The molecule has 29 heavy (non-hydrogen) atoms. The number of para-hydroxylation sites is 3. The summed E-state index contributed by atoms with van der Waals surface area (Å²) in [4.78, 5) is 4.95. The molecule has 0 spiro atoms. The van der Waals surface area contributed by atoms with Crippen molar-refractivity contribution in [3.63, 3.8) is 0 Å². The smallest absolute Gasteiger partial charge is 0.220 e. The lowest BCUT2D eigenvalue weighted by atomic mass is 10.1. The van der Waals surface area contributed by atoms with Crippen LogP contribution in [0.5, 0.6) is 0 Å². The fourth-order valence-corrected chi connectivity index (χ4v) is 4.27. The Morgan fingerprint density at radius 1 is 0.621 bits per heavy atom. The van der Waals surface area contributed by atoms with Crippen LogP contribution in [0.1, 0.15) is 0 Å². The maximum atomic E-state index is 6.23. The van der Waals surface area contributed by atoms with Crippen LogP contribution < -0.4 is 0 Å². The van der Waals surface area contributed by atoms with Gasteiger partial charge in [0, 0.05) is 10.7 Å². The van der Waals surface area contributed by atoms with Gasteiger partial charge >= 0.3 is 0 Å². The molecule has 0 N–H and O–H groups in total. The maximum absolute atomic E-state index is 6.23. The van der Waals surface area contributed by atoms with Gasteiger partial charge in [0.2, 0.25) is 5.78 Å². The van der Waals surface area contributed by atoms with Gasteiger partial charge in [0.25, 0.3) is 0 Å². The Bertz CT molecular complexity index is 1510. The first-order chi connectivity index (χ1) is 14.3. The van der Waals surface area contributed by atoms with Crippen LogP contribution in [0.3, 0.4) is 0 Å². The predicted molar refractivity (Wildman–Crippen MR) is 120 cm³/mol. The first kappa shape index (κ1) is 16.4. The first-order valence-corrected chi connectivity index (χ1v) is 9.90. The normalized spacial score (nSPS) is 11.6.